The number of hydrogen-bond acceptors (Lipinski definition) is 3. The van der Waals surface area contributed by atoms with Gasteiger partial charge in [0.05, 0.1) is 12.2 Å². The number of hydrogen-bond donors (Lipinski definition) is 1. The van der Waals surface area contributed by atoms with E-state index in [0.717, 1.165) is 19.6 Å². The van der Waals surface area contributed by atoms with Gasteiger partial charge in [0.25, 0.3) is 0 Å². The fourth-order valence-electron chi connectivity index (χ4n) is 2.74. The predicted octanol–water partition coefficient (Wildman–Crippen LogP) is 2.66. The Hall–Kier alpha value is -0.900. The van der Waals surface area contributed by atoms with E-state index in [2.05, 4.69) is 61.4 Å². The lowest BCUT2D eigenvalue weighted by atomic mass is 10.1. The van der Waals surface area contributed by atoms with Crippen LogP contribution in [0.5, 0.6) is 0 Å². The molecule has 1 aliphatic rings. The van der Waals surface area contributed by atoms with Crippen LogP contribution in [0, 0.1) is 0 Å². The Morgan fingerprint density at radius 2 is 1.90 bits per heavy atom. The zero-order valence-electron chi connectivity index (χ0n) is 13.0. The first-order chi connectivity index (χ1) is 9.63. The minimum Gasteiger partial charge on any atom is -0.372 e. The second-order valence-corrected chi connectivity index (χ2v) is 6.20. The SMILES string of the molecule is CC(C)NCC1CCC(CN(C)Cc2ccccc2)O1. The maximum atomic E-state index is 6.12. The topological polar surface area (TPSA) is 24.5 Å². The molecule has 0 aromatic heterocycles. The lowest BCUT2D eigenvalue weighted by Gasteiger charge is -2.22. The predicted molar refractivity (Wildman–Crippen MR) is 83.8 cm³/mol. The summed E-state index contributed by atoms with van der Waals surface area (Å²) < 4.78 is 6.12. The van der Waals surface area contributed by atoms with E-state index in [1.54, 1.807) is 0 Å². The molecule has 112 valence electrons. The number of nitrogens with one attached hydrogen (secondary N) is 1. The third kappa shape index (κ3) is 5.23. The molecule has 1 aliphatic heterocycles. The van der Waals surface area contributed by atoms with Gasteiger partial charge in [-0.25, -0.2) is 0 Å². The van der Waals surface area contributed by atoms with Crippen LogP contribution in [0.1, 0.15) is 32.3 Å². The van der Waals surface area contributed by atoms with Gasteiger partial charge in [0.2, 0.25) is 0 Å². The van der Waals surface area contributed by atoms with E-state index in [1.165, 1.54) is 18.4 Å². The zero-order chi connectivity index (χ0) is 14.4. The summed E-state index contributed by atoms with van der Waals surface area (Å²) in [7, 11) is 2.18. The van der Waals surface area contributed by atoms with Crippen molar-refractivity contribution in [3.05, 3.63) is 35.9 Å². The van der Waals surface area contributed by atoms with Crippen molar-refractivity contribution in [3.63, 3.8) is 0 Å². The van der Waals surface area contributed by atoms with Gasteiger partial charge in [-0.3, -0.25) is 4.90 Å². The number of rotatable bonds is 7. The first kappa shape index (κ1) is 15.5. The molecule has 0 saturated carbocycles. The highest BCUT2D eigenvalue weighted by Gasteiger charge is 2.25. The van der Waals surface area contributed by atoms with Crippen LogP contribution in [0.3, 0.4) is 0 Å². The Labute approximate surface area is 123 Å². The largest absolute Gasteiger partial charge is 0.372 e. The fourth-order valence-corrected chi connectivity index (χ4v) is 2.74. The average molecular weight is 276 g/mol. The van der Waals surface area contributed by atoms with E-state index in [9.17, 15) is 0 Å². The fraction of sp³-hybridized carbons (Fsp3) is 0.647. The monoisotopic (exact) mass is 276 g/mol. The van der Waals surface area contributed by atoms with Crippen molar-refractivity contribution in [2.75, 3.05) is 20.1 Å². The number of likely N-dealkylation sites (N-methyl/N-ethyl adjacent to an activating group) is 1. The summed E-state index contributed by atoms with van der Waals surface area (Å²) >= 11 is 0. The average Bonchev–Trinajstić information content (AvgIpc) is 2.85. The quantitative estimate of drug-likeness (QED) is 0.828. The normalized spacial score (nSPS) is 22.9. The van der Waals surface area contributed by atoms with Gasteiger partial charge in [-0.15, -0.1) is 0 Å². The third-order valence-electron chi connectivity index (χ3n) is 3.76. The summed E-state index contributed by atoms with van der Waals surface area (Å²) in [5.41, 5.74) is 1.37. The molecule has 2 rings (SSSR count). The molecule has 3 nitrogen and oxygen atoms in total. The van der Waals surface area contributed by atoms with Gasteiger partial charge in [-0.1, -0.05) is 44.2 Å². The van der Waals surface area contributed by atoms with E-state index in [4.69, 9.17) is 4.74 Å². The Morgan fingerprint density at radius 3 is 2.60 bits per heavy atom. The van der Waals surface area contributed by atoms with Gasteiger partial charge in [0.15, 0.2) is 0 Å². The first-order valence-corrected chi connectivity index (χ1v) is 7.75. The molecule has 0 spiro atoms. The Morgan fingerprint density at radius 1 is 1.20 bits per heavy atom. The van der Waals surface area contributed by atoms with Crippen LogP contribution in [0.25, 0.3) is 0 Å². The van der Waals surface area contributed by atoms with Crippen molar-refractivity contribution in [1.29, 1.82) is 0 Å². The molecule has 1 aromatic carbocycles. The molecular formula is C17H28N2O. The molecule has 0 amide bonds. The van der Waals surface area contributed by atoms with Crippen molar-refractivity contribution in [2.24, 2.45) is 0 Å². The molecule has 2 atom stereocenters. The molecule has 20 heavy (non-hydrogen) atoms. The molecule has 1 aromatic rings. The highest BCUT2D eigenvalue weighted by molar-refractivity contribution is 5.14. The smallest absolute Gasteiger partial charge is 0.0707 e. The van der Waals surface area contributed by atoms with Gasteiger partial charge in [0.1, 0.15) is 0 Å². The van der Waals surface area contributed by atoms with Crippen molar-refractivity contribution in [1.82, 2.24) is 10.2 Å². The van der Waals surface area contributed by atoms with E-state index in [0.29, 0.717) is 18.2 Å². The van der Waals surface area contributed by atoms with Gasteiger partial charge < -0.3 is 10.1 Å². The molecule has 0 bridgehead atoms. The summed E-state index contributed by atoms with van der Waals surface area (Å²) in [4.78, 5) is 2.36. The van der Waals surface area contributed by atoms with Gasteiger partial charge in [0, 0.05) is 25.7 Å². The number of ether oxygens (including phenoxy) is 1. The van der Waals surface area contributed by atoms with Crippen LogP contribution in [-0.2, 0) is 11.3 Å². The van der Waals surface area contributed by atoms with Gasteiger partial charge in [-0.05, 0) is 25.5 Å². The molecular weight excluding hydrogens is 248 g/mol. The molecule has 0 radical (unpaired) electrons. The zero-order valence-corrected chi connectivity index (χ0v) is 13.0. The van der Waals surface area contributed by atoms with Gasteiger partial charge in [-0.2, -0.15) is 0 Å². The summed E-state index contributed by atoms with van der Waals surface area (Å²) in [5.74, 6) is 0. The van der Waals surface area contributed by atoms with Crippen LogP contribution in [0.4, 0.5) is 0 Å². The molecule has 1 fully saturated rings. The van der Waals surface area contributed by atoms with Crippen LogP contribution in [0.15, 0.2) is 30.3 Å². The van der Waals surface area contributed by atoms with Crippen LogP contribution in [-0.4, -0.2) is 43.3 Å². The molecule has 1 heterocycles. The van der Waals surface area contributed by atoms with E-state index in [1.807, 2.05) is 0 Å². The lowest BCUT2D eigenvalue weighted by molar-refractivity contribution is 0.0259. The lowest BCUT2D eigenvalue weighted by Crippen LogP contribution is -2.34. The Kier molecular flexibility index (Phi) is 6.02. The molecule has 2 unspecified atom stereocenters. The van der Waals surface area contributed by atoms with Crippen molar-refractivity contribution in [3.8, 4) is 0 Å². The maximum Gasteiger partial charge on any atom is 0.0707 e. The van der Waals surface area contributed by atoms with Crippen molar-refractivity contribution < 1.29 is 4.74 Å². The highest BCUT2D eigenvalue weighted by atomic mass is 16.5. The summed E-state index contributed by atoms with van der Waals surface area (Å²) in [6.07, 6.45) is 3.16. The second kappa shape index (κ2) is 7.77. The summed E-state index contributed by atoms with van der Waals surface area (Å²) in [6, 6.07) is 11.2. The Bertz CT molecular complexity index is 380. The van der Waals surface area contributed by atoms with Crippen LogP contribution < -0.4 is 5.32 Å². The molecule has 1 N–H and O–H groups in total. The molecule has 0 aliphatic carbocycles. The Balaban J connectivity index is 1.69. The van der Waals surface area contributed by atoms with E-state index >= 15 is 0 Å². The highest BCUT2D eigenvalue weighted by Crippen LogP contribution is 2.20. The minimum absolute atomic E-state index is 0.391. The van der Waals surface area contributed by atoms with Crippen LogP contribution >= 0.6 is 0 Å². The standard InChI is InChI=1S/C17H28N2O/c1-14(2)18-11-16-9-10-17(20-16)13-19(3)12-15-7-5-4-6-8-15/h4-8,14,16-18H,9-13H2,1-3H3. The second-order valence-electron chi connectivity index (χ2n) is 6.20. The third-order valence-corrected chi connectivity index (χ3v) is 3.76. The first-order valence-electron chi connectivity index (χ1n) is 7.75. The minimum atomic E-state index is 0.391. The van der Waals surface area contributed by atoms with Crippen molar-refractivity contribution in [2.45, 2.75) is 51.5 Å². The number of benzene rings is 1. The van der Waals surface area contributed by atoms with Crippen molar-refractivity contribution >= 4 is 0 Å². The maximum absolute atomic E-state index is 6.12. The van der Waals surface area contributed by atoms with E-state index < -0.39 is 0 Å². The van der Waals surface area contributed by atoms with Crippen LogP contribution in [0.2, 0.25) is 0 Å². The molecule has 1 saturated heterocycles. The summed E-state index contributed by atoms with van der Waals surface area (Å²) in [5, 5.41) is 3.46. The molecule has 3 heteroatoms. The van der Waals surface area contributed by atoms with Gasteiger partial charge >= 0.3 is 0 Å². The summed E-state index contributed by atoms with van der Waals surface area (Å²) in [6.45, 7) is 7.36. The number of nitrogens with zero attached hydrogens (tertiary/aromatic N) is 1. The van der Waals surface area contributed by atoms with E-state index in [-0.39, 0.29) is 0 Å².